The predicted octanol–water partition coefficient (Wildman–Crippen LogP) is 9.78. The van der Waals surface area contributed by atoms with Crippen molar-refractivity contribution in [2.75, 3.05) is 7.11 Å². The lowest BCUT2D eigenvalue weighted by molar-refractivity contribution is 0.312. The highest BCUT2D eigenvalue weighted by Crippen LogP contribution is 2.38. The van der Waals surface area contributed by atoms with Crippen LogP contribution in [-0.2, 0) is 11.1 Å². The van der Waals surface area contributed by atoms with Crippen molar-refractivity contribution in [3.05, 3.63) is 143 Å². The summed E-state index contributed by atoms with van der Waals surface area (Å²) in [5.74, 6) is 3.60. The first-order chi connectivity index (χ1) is 21.8. The fourth-order valence-electron chi connectivity index (χ4n) is 3.71. The number of phenolic OH excluding ortho intramolecular Hbond substituents is 2. The van der Waals surface area contributed by atoms with Crippen molar-refractivity contribution < 1.29 is 33.0 Å². The molecule has 0 heterocycles. The molecule has 45 heavy (non-hydrogen) atoms. The summed E-state index contributed by atoms with van der Waals surface area (Å²) in [4.78, 5) is 0. The molecule has 0 radical (unpaired) electrons. The fourth-order valence-corrected chi connectivity index (χ4v) is 4.98. The Balaban J connectivity index is 0.000000278. The first-order valence-electron chi connectivity index (χ1n) is 14.2. The Morgan fingerprint density at radius 2 is 0.933 bits per heavy atom. The van der Waals surface area contributed by atoms with Gasteiger partial charge >= 0.3 is 0 Å². The lowest BCUT2D eigenvalue weighted by atomic mass is 10.2. The highest BCUT2D eigenvalue weighted by atomic mass is 31.1. The zero-order valence-electron chi connectivity index (χ0n) is 26.1. The minimum Gasteiger partial charge on any atom is -0.508 e. The number of para-hydroxylation sites is 5. The van der Waals surface area contributed by atoms with E-state index in [0.29, 0.717) is 29.6 Å². The van der Waals surface area contributed by atoms with E-state index in [1.54, 1.807) is 19.2 Å². The van der Waals surface area contributed by atoms with Gasteiger partial charge in [-0.1, -0.05) is 84.9 Å². The van der Waals surface area contributed by atoms with Gasteiger partial charge in [-0.05, 0) is 80.3 Å². The first kappa shape index (κ1) is 35.2. The minimum absolute atomic E-state index is 0.122. The van der Waals surface area contributed by atoms with Crippen molar-refractivity contribution in [3.8, 4) is 34.5 Å². The van der Waals surface area contributed by atoms with Crippen LogP contribution in [0.4, 0.5) is 0 Å². The maximum absolute atomic E-state index is 8.92. The summed E-state index contributed by atoms with van der Waals surface area (Å²) >= 11 is 0. The number of hydrogen-bond donors (Lipinski definition) is 2. The van der Waals surface area contributed by atoms with Gasteiger partial charge in [0.05, 0.1) is 13.7 Å². The first-order valence-corrected chi connectivity index (χ1v) is 15.8. The van der Waals surface area contributed by atoms with Crippen LogP contribution >= 0.6 is 18.1 Å². The van der Waals surface area contributed by atoms with E-state index < -0.39 is 0 Å². The number of aryl methyl sites for hydroxylation is 4. The third-order valence-electron chi connectivity index (χ3n) is 6.43. The molecule has 5 rings (SSSR count). The molecule has 0 aliphatic rings. The Morgan fingerprint density at radius 1 is 0.489 bits per heavy atom. The molecule has 0 saturated heterocycles. The second-order valence-corrected chi connectivity index (χ2v) is 11.0. The molecule has 236 valence electrons. The maximum Gasteiger partial charge on any atom is 0.275 e. The van der Waals surface area contributed by atoms with E-state index in [1.807, 2.05) is 131 Å². The number of phenols is 2. The topological polar surface area (TPSA) is 86.6 Å². The Bertz CT molecular complexity index is 1520. The van der Waals surface area contributed by atoms with E-state index in [9.17, 15) is 0 Å². The molecule has 0 bridgehead atoms. The highest BCUT2D eigenvalue weighted by molar-refractivity contribution is 7.27. The van der Waals surface area contributed by atoms with E-state index in [1.165, 1.54) is 0 Å². The molecule has 5 aromatic rings. The Labute approximate surface area is 269 Å². The van der Waals surface area contributed by atoms with Gasteiger partial charge in [0.2, 0.25) is 9.03 Å². The predicted molar refractivity (Wildman–Crippen MR) is 184 cm³/mol. The molecule has 2 N–H and O–H groups in total. The Hall–Kier alpha value is -4.28. The van der Waals surface area contributed by atoms with E-state index >= 15 is 0 Å². The molecule has 9 heteroatoms. The second kappa shape index (κ2) is 19.2. The average Bonchev–Trinajstić information content (AvgIpc) is 3.05. The second-order valence-electron chi connectivity index (χ2n) is 9.81. The van der Waals surface area contributed by atoms with Gasteiger partial charge in [0, 0.05) is 5.56 Å². The van der Waals surface area contributed by atoms with Crippen LogP contribution in [0.1, 0.15) is 27.8 Å². The number of hydrogen-bond acceptors (Lipinski definition) is 7. The molecular weight excluding hydrogens is 606 g/mol. The molecule has 0 fully saturated rings. The van der Waals surface area contributed by atoms with Crippen LogP contribution in [0.25, 0.3) is 0 Å². The third-order valence-corrected chi connectivity index (χ3v) is 7.59. The number of ether oxygens (including phenoxy) is 1. The van der Waals surface area contributed by atoms with Crippen molar-refractivity contribution in [2.45, 2.75) is 34.3 Å². The number of aromatic hydroxyl groups is 2. The molecule has 0 saturated carbocycles. The van der Waals surface area contributed by atoms with Crippen molar-refractivity contribution in [2.24, 2.45) is 0 Å². The number of benzene rings is 5. The molecule has 0 aromatic heterocycles. The summed E-state index contributed by atoms with van der Waals surface area (Å²) in [6.45, 7) is 8.08. The lowest BCUT2D eigenvalue weighted by Gasteiger charge is -2.15. The SMILES string of the molecule is COc1cccc(COPOc2ccccc2C)c1OPOc1ccccc1C.Cc1ccccc1O.Cc1ccccc1O. The molecule has 0 aliphatic carbocycles. The van der Waals surface area contributed by atoms with Crippen LogP contribution in [0.15, 0.2) is 115 Å². The zero-order chi connectivity index (χ0) is 32.4. The standard InChI is InChI=1S/C22H24O5P2.2C7H8O/c1-16-9-4-6-12-19(16)25-28-24-15-18-11-8-14-21(23-3)22(18)27-29-26-20-13-7-5-10-17(20)2;2*1-6-4-2-3-5-7(6)8/h4-14,28-29H,15H2,1-3H3;2*2-5,8H,1H3. The van der Waals surface area contributed by atoms with Crippen molar-refractivity contribution >= 4 is 18.1 Å². The molecule has 0 amide bonds. The van der Waals surface area contributed by atoms with Crippen LogP contribution in [-0.4, -0.2) is 17.3 Å². The van der Waals surface area contributed by atoms with Crippen molar-refractivity contribution in [1.29, 1.82) is 0 Å². The Morgan fingerprint density at radius 3 is 1.38 bits per heavy atom. The van der Waals surface area contributed by atoms with Gasteiger partial charge in [0.15, 0.2) is 11.5 Å². The summed E-state index contributed by atoms with van der Waals surface area (Å²) in [5, 5.41) is 17.8. The Kier molecular flexibility index (Phi) is 15.0. The van der Waals surface area contributed by atoms with Gasteiger partial charge in [-0.2, -0.15) is 0 Å². The largest absolute Gasteiger partial charge is 0.508 e. The lowest BCUT2D eigenvalue weighted by Crippen LogP contribution is -1.97. The van der Waals surface area contributed by atoms with E-state index in [0.717, 1.165) is 39.3 Å². The van der Waals surface area contributed by atoms with Gasteiger partial charge in [-0.15, -0.1) is 0 Å². The molecular formula is C36H40O7P2. The summed E-state index contributed by atoms with van der Waals surface area (Å²) in [6.07, 6.45) is 0. The van der Waals surface area contributed by atoms with Crippen LogP contribution in [0.5, 0.6) is 34.5 Å². The van der Waals surface area contributed by atoms with Crippen LogP contribution in [0, 0.1) is 27.7 Å². The quantitative estimate of drug-likeness (QED) is 0.115. The van der Waals surface area contributed by atoms with Gasteiger partial charge in [-0.25, -0.2) is 0 Å². The molecule has 7 nitrogen and oxygen atoms in total. The van der Waals surface area contributed by atoms with Crippen LogP contribution in [0.3, 0.4) is 0 Å². The smallest absolute Gasteiger partial charge is 0.275 e. The van der Waals surface area contributed by atoms with Gasteiger partial charge < -0.3 is 33.0 Å². The monoisotopic (exact) mass is 646 g/mol. The molecule has 0 spiro atoms. The molecule has 2 atom stereocenters. The normalized spacial score (nSPS) is 10.5. The number of methoxy groups -OCH3 is 1. The average molecular weight is 647 g/mol. The number of rotatable bonds is 10. The molecule has 2 unspecified atom stereocenters. The van der Waals surface area contributed by atoms with Crippen LogP contribution < -0.4 is 18.3 Å². The summed E-state index contributed by atoms with van der Waals surface area (Å²) in [5.41, 5.74) is 4.84. The van der Waals surface area contributed by atoms with E-state index in [2.05, 4.69) is 0 Å². The van der Waals surface area contributed by atoms with Gasteiger partial charge in [-0.3, -0.25) is 0 Å². The minimum atomic E-state index is -0.204. The maximum atomic E-state index is 8.92. The third kappa shape index (κ3) is 12.0. The van der Waals surface area contributed by atoms with E-state index in [4.69, 9.17) is 33.0 Å². The highest BCUT2D eigenvalue weighted by Gasteiger charge is 2.12. The fraction of sp³-hybridized carbons (Fsp3) is 0.167. The summed E-state index contributed by atoms with van der Waals surface area (Å²) in [7, 11) is 1.29. The summed E-state index contributed by atoms with van der Waals surface area (Å²) in [6, 6.07) is 35.9. The van der Waals surface area contributed by atoms with Gasteiger partial charge in [0.25, 0.3) is 9.03 Å². The van der Waals surface area contributed by atoms with E-state index in [-0.39, 0.29) is 18.1 Å². The molecule has 0 aliphatic heterocycles. The van der Waals surface area contributed by atoms with Crippen molar-refractivity contribution in [3.63, 3.8) is 0 Å². The van der Waals surface area contributed by atoms with Crippen LogP contribution in [0.2, 0.25) is 0 Å². The van der Waals surface area contributed by atoms with Crippen molar-refractivity contribution in [1.82, 2.24) is 0 Å². The summed E-state index contributed by atoms with van der Waals surface area (Å²) < 4.78 is 28.6. The zero-order valence-corrected chi connectivity index (χ0v) is 28.1. The molecule has 5 aromatic carbocycles. The van der Waals surface area contributed by atoms with Gasteiger partial charge in [0.1, 0.15) is 23.0 Å².